The van der Waals surface area contributed by atoms with E-state index >= 15 is 0 Å². The van der Waals surface area contributed by atoms with Gasteiger partial charge in [-0.15, -0.1) is 0 Å². The van der Waals surface area contributed by atoms with Crippen LogP contribution in [0.4, 0.5) is 4.39 Å². The summed E-state index contributed by atoms with van der Waals surface area (Å²) in [4.78, 5) is 27.5. The summed E-state index contributed by atoms with van der Waals surface area (Å²) in [5.41, 5.74) is 1.49. The van der Waals surface area contributed by atoms with Crippen LogP contribution in [-0.2, 0) is 22.6 Å². The number of hydrogen-bond acceptors (Lipinski definition) is 3. The van der Waals surface area contributed by atoms with Crippen LogP contribution in [0, 0.1) is 5.82 Å². The summed E-state index contributed by atoms with van der Waals surface area (Å²) >= 11 is 12.4. The van der Waals surface area contributed by atoms with Crippen molar-refractivity contribution in [2.24, 2.45) is 0 Å². The van der Waals surface area contributed by atoms with E-state index < -0.39 is 24.4 Å². The minimum atomic E-state index is -0.846. The topological polar surface area (TPSA) is 58.6 Å². The van der Waals surface area contributed by atoms with Crippen molar-refractivity contribution in [1.82, 2.24) is 10.2 Å². The summed E-state index contributed by atoms with van der Waals surface area (Å²) < 4.78 is 19.4. The number of para-hydroxylation sites is 1. The minimum Gasteiger partial charge on any atom is -0.481 e. The highest BCUT2D eigenvalue weighted by molar-refractivity contribution is 6.35. The quantitative estimate of drug-likeness (QED) is 0.466. The first-order chi connectivity index (χ1) is 15.9. The van der Waals surface area contributed by atoms with Gasteiger partial charge in [0.25, 0.3) is 5.91 Å². The van der Waals surface area contributed by atoms with E-state index in [1.165, 1.54) is 30.1 Å². The van der Waals surface area contributed by atoms with Crippen molar-refractivity contribution in [2.45, 2.75) is 19.0 Å². The summed E-state index contributed by atoms with van der Waals surface area (Å²) in [6.07, 6.45) is 0.275. The van der Waals surface area contributed by atoms with E-state index in [2.05, 4.69) is 5.32 Å². The van der Waals surface area contributed by atoms with Crippen LogP contribution in [0.15, 0.2) is 72.8 Å². The second-order valence-electron chi connectivity index (χ2n) is 7.30. The molecule has 0 fully saturated rings. The van der Waals surface area contributed by atoms with Crippen molar-refractivity contribution in [1.29, 1.82) is 0 Å². The Bertz CT molecular complexity index is 1110. The second kappa shape index (κ2) is 11.7. The number of rotatable bonds is 9. The van der Waals surface area contributed by atoms with E-state index in [-0.39, 0.29) is 24.6 Å². The molecule has 8 heteroatoms. The van der Waals surface area contributed by atoms with Crippen LogP contribution < -0.4 is 10.1 Å². The van der Waals surface area contributed by atoms with Crippen molar-refractivity contribution >= 4 is 35.0 Å². The average molecular weight is 489 g/mol. The number of carbonyl (C=O) groups excluding carboxylic acids is 2. The standard InChI is InChI=1S/C25H23Cl2FN2O3/c1-29-25(32)22(13-17-7-3-2-4-8-17)30(15-18-11-12-19(26)14-20(18)27)24(31)16-33-23-10-6-5-9-21(23)28/h2-12,14,22H,13,15-16H2,1H3,(H,29,32). The average Bonchev–Trinajstić information content (AvgIpc) is 2.82. The van der Waals surface area contributed by atoms with E-state index in [0.717, 1.165) is 5.56 Å². The minimum absolute atomic E-state index is 0.0421. The molecule has 2 amide bonds. The van der Waals surface area contributed by atoms with Crippen LogP contribution in [-0.4, -0.2) is 36.4 Å². The zero-order valence-corrected chi connectivity index (χ0v) is 19.4. The molecule has 33 heavy (non-hydrogen) atoms. The number of benzene rings is 3. The fraction of sp³-hybridized carbons (Fsp3) is 0.200. The van der Waals surface area contributed by atoms with Gasteiger partial charge in [0.2, 0.25) is 5.91 Å². The number of nitrogens with zero attached hydrogens (tertiary/aromatic N) is 1. The fourth-order valence-corrected chi connectivity index (χ4v) is 3.81. The lowest BCUT2D eigenvalue weighted by molar-refractivity contribution is -0.142. The van der Waals surface area contributed by atoms with Gasteiger partial charge in [0, 0.05) is 30.1 Å². The first-order valence-electron chi connectivity index (χ1n) is 10.2. The Hall–Kier alpha value is -3.09. The normalized spacial score (nSPS) is 11.5. The highest BCUT2D eigenvalue weighted by Gasteiger charge is 2.30. The molecule has 0 aliphatic carbocycles. The molecule has 172 valence electrons. The van der Waals surface area contributed by atoms with Gasteiger partial charge >= 0.3 is 0 Å². The highest BCUT2D eigenvalue weighted by atomic mass is 35.5. The summed E-state index contributed by atoms with van der Waals surface area (Å²) in [7, 11) is 1.51. The van der Waals surface area contributed by atoms with Gasteiger partial charge in [0.15, 0.2) is 18.2 Å². The number of hydrogen-bond donors (Lipinski definition) is 1. The van der Waals surface area contributed by atoms with Crippen molar-refractivity contribution in [3.63, 3.8) is 0 Å². The van der Waals surface area contributed by atoms with Crippen LogP contribution in [0.25, 0.3) is 0 Å². The molecule has 0 saturated carbocycles. The Labute approximate surface area is 202 Å². The van der Waals surface area contributed by atoms with Crippen molar-refractivity contribution in [3.05, 3.63) is 99.8 Å². The number of carbonyl (C=O) groups is 2. The van der Waals surface area contributed by atoms with E-state index in [1.807, 2.05) is 30.3 Å². The van der Waals surface area contributed by atoms with Gasteiger partial charge in [0.05, 0.1) is 0 Å². The van der Waals surface area contributed by atoms with Crippen LogP contribution >= 0.6 is 23.2 Å². The molecule has 0 radical (unpaired) electrons. The van der Waals surface area contributed by atoms with Gasteiger partial charge in [-0.05, 0) is 35.4 Å². The van der Waals surface area contributed by atoms with Gasteiger partial charge in [-0.2, -0.15) is 0 Å². The molecule has 0 aliphatic rings. The smallest absolute Gasteiger partial charge is 0.261 e. The maximum Gasteiger partial charge on any atom is 0.261 e. The zero-order chi connectivity index (χ0) is 23.8. The first-order valence-corrected chi connectivity index (χ1v) is 11.0. The molecule has 0 bridgehead atoms. The Balaban J connectivity index is 1.91. The van der Waals surface area contributed by atoms with E-state index in [4.69, 9.17) is 27.9 Å². The number of halogens is 3. The predicted molar refractivity (Wildman–Crippen MR) is 127 cm³/mol. The molecule has 3 rings (SSSR count). The molecule has 5 nitrogen and oxygen atoms in total. The number of amides is 2. The molecular formula is C25H23Cl2FN2O3. The highest BCUT2D eigenvalue weighted by Crippen LogP contribution is 2.24. The summed E-state index contributed by atoms with van der Waals surface area (Å²) in [5, 5.41) is 3.45. The van der Waals surface area contributed by atoms with Gasteiger partial charge in [-0.3, -0.25) is 9.59 Å². The zero-order valence-electron chi connectivity index (χ0n) is 17.9. The molecule has 0 saturated heterocycles. The molecule has 0 aliphatic heterocycles. The van der Waals surface area contributed by atoms with Gasteiger partial charge in [-0.1, -0.05) is 71.7 Å². The van der Waals surface area contributed by atoms with Crippen LogP contribution in [0.3, 0.4) is 0 Å². The molecule has 3 aromatic carbocycles. The number of likely N-dealkylation sites (N-methyl/N-ethyl adjacent to an activating group) is 1. The molecule has 0 heterocycles. The van der Waals surface area contributed by atoms with Crippen LogP contribution in [0.1, 0.15) is 11.1 Å². The molecule has 1 unspecified atom stereocenters. The lowest BCUT2D eigenvalue weighted by atomic mass is 10.0. The van der Waals surface area contributed by atoms with E-state index in [9.17, 15) is 14.0 Å². The summed E-state index contributed by atoms with van der Waals surface area (Å²) in [6, 6.07) is 19.3. The largest absolute Gasteiger partial charge is 0.481 e. The van der Waals surface area contributed by atoms with Gasteiger partial charge < -0.3 is 15.0 Å². The predicted octanol–water partition coefficient (Wildman–Crippen LogP) is 4.90. The number of nitrogens with one attached hydrogen (secondary N) is 1. The van der Waals surface area contributed by atoms with Crippen molar-refractivity contribution < 1.29 is 18.7 Å². The molecule has 3 aromatic rings. The molecular weight excluding hydrogens is 466 g/mol. The number of ether oxygens (including phenoxy) is 1. The summed E-state index contributed by atoms with van der Waals surface area (Å²) in [5.74, 6) is -1.46. The molecule has 0 spiro atoms. The van der Waals surface area contributed by atoms with Crippen LogP contribution in [0.5, 0.6) is 5.75 Å². The van der Waals surface area contributed by atoms with Crippen molar-refractivity contribution in [2.75, 3.05) is 13.7 Å². The lowest BCUT2D eigenvalue weighted by Gasteiger charge is -2.31. The lowest BCUT2D eigenvalue weighted by Crippen LogP contribution is -2.51. The maximum atomic E-state index is 14.0. The molecule has 1 atom stereocenters. The SMILES string of the molecule is CNC(=O)C(Cc1ccccc1)N(Cc1ccc(Cl)cc1Cl)C(=O)COc1ccccc1F. The fourth-order valence-electron chi connectivity index (χ4n) is 3.34. The third-order valence-electron chi connectivity index (χ3n) is 5.06. The first kappa shape index (κ1) is 24.6. The third-order valence-corrected chi connectivity index (χ3v) is 5.65. The Morgan fingerprint density at radius 1 is 1.03 bits per heavy atom. The van der Waals surface area contributed by atoms with Gasteiger partial charge in [0.1, 0.15) is 6.04 Å². The van der Waals surface area contributed by atoms with Crippen molar-refractivity contribution in [3.8, 4) is 5.75 Å². The van der Waals surface area contributed by atoms with Crippen LogP contribution in [0.2, 0.25) is 10.0 Å². The summed E-state index contributed by atoms with van der Waals surface area (Å²) in [6.45, 7) is -0.408. The van der Waals surface area contributed by atoms with E-state index in [0.29, 0.717) is 15.6 Å². The van der Waals surface area contributed by atoms with Gasteiger partial charge in [-0.25, -0.2) is 4.39 Å². The Morgan fingerprint density at radius 3 is 2.39 bits per heavy atom. The third kappa shape index (κ3) is 6.70. The maximum absolute atomic E-state index is 14.0. The monoisotopic (exact) mass is 488 g/mol. The molecule has 0 aromatic heterocycles. The molecule has 1 N–H and O–H groups in total. The second-order valence-corrected chi connectivity index (χ2v) is 8.14. The Kier molecular flexibility index (Phi) is 8.69. The Morgan fingerprint density at radius 2 is 1.73 bits per heavy atom. The van der Waals surface area contributed by atoms with E-state index in [1.54, 1.807) is 24.3 Å².